The molecule has 0 N–H and O–H groups in total. The average molecular weight is 837 g/mol. The van der Waals surface area contributed by atoms with Crippen molar-refractivity contribution in [2.45, 2.75) is 0 Å². The summed E-state index contributed by atoms with van der Waals surface area (Å²) >= 11 is 0. The SMILES string of the molecule is c1ccc2cc3c(cc2c1)c1c2ccccc2c2c4cc5ccccc5cc4n4c2c1n3[Si]41n2c3cc4ccccc4cc3c3c4ccccc4c4c5cc6ccccc6cc5n1c4c32. The average Bonchev–Trinajstić information content (AvgIpc) is 4.17. The first-order valence-corrected chi connectivity index (χ1v) is 24.6. The zero-order valence-corrected chi connectivity index (χ0v) is 35.8. The minimum Gasteiger partial charge on any atom is -0.312 e. The van der Waals surface area contributed by atoms with E-state index in [0.29, 0.717) is 0 Å². The number of hydrogen-bond donors (Lipinski definition) is 0. The van der Waals surface area contributed by atoms with Crippen molar-refractivity contribution in [1.82, 2.24) is 16.9 Å². The van der Waals surface area contributed by atoms with Crippen molar-refractivity contribution in [3.8, 4) is 0 Å². The van der Waals surface area contributed by atoms with Gasteiger partial charge < -0.3 is 16.9 Å². The van der Waals surface area contributed by atoms with Gasteiger partial charge in [-0.2, -0.15) is 0 Å². The molecule has 0 radical (unpaired) electrons. The first kappa shape index (κ1) is 32.3. The van der Waals surface area contributed by atoms with Crippen LogP contribution in [0.1, 0.15) is 0 Å². The standard InChI is InChI=1S/C60H32N4Si/c1-5-17-37-29-49-45(25-33(37)13-1)53-41-21-9-10-22-42(41)54-46-26-34-14-2-6-18-38(34)30-50(46)62-58(54)57(53)61(49)65(62)63-51-31-39-19-7-3-15-35(39)27-47(51)55-43-23-11-12-24-44(43)56-48-28-36-16-4-8-20-40(36)32-52(48)64(65)60(56)59(55)63/h1-32H. The molecule has 296 valence electrons. The lowest BCUT2D eigenvalue weighted by Gasteiger charge is -2.33. The summed E-state index contributed by atoms with van der Waals surface area (Å²) < 4.78 is 11.7. The van der Waals surface area contributed by atoms with Crippen LogP contribution in [0.5, 0.6) is 0 Å². The third-order valence-corrected chi connectivity index (χ3v) is 20.2. The summed E-state index contributed by atoms with van der Waals surface area (Å²) in [6.45, 7) is 0. The maximum atomic E-state index is 2.93. The number of hydrogen-bond acceptors (Lipinski definition) is 0. The maximum absolute atomic E-state index is 3.61. The van der Waals surface area contributed by atoms with Gasteiger partial charge >= 0.3 is 8.72 Å². The van der Waals surface area contributed by atoms with Crippen LogP contribution >= 0.6 is 0 Å². The van der Waals surface area contributed by atoms with Crippen LogP contribution in [0.25, 0.3) is 152 Å². The Kier molecular flexibility index (Phi) is 5.23. The van der Waals surface area contributed by atoms with Crippen molar-refractivity contribution < 1.29 is 0 Å². The molecular weight excluding hydrogens is 805 g/mol. The fraction of sp³-hybridized carbons (Fsp3) is 0. The van der Waals surface area contributed by atoms with Crippen LogP contribution in [0.15, 0.2) is 194 Å². The van der Waals surface area contributed by atoms with E-state index in [1.165, 1.54) is 152 Å². The number of fused-ring (bicyclic) bond motifs is 26. The lowest BCUT2D eigenvalue weighted by Crippen LogP contribution is -2.59. The second kappa shape index (κ2) is 10.5. The van der Waals surface area contributed by atoms with Gasteiger partial charge in [0.25, 0.3) is 0 Å². The Labute approximate surface area is 369 Å². The minimum absolute atomic E-state index is 1.26. The molecule has 16 aromatic rings. The van der Waals surface area contributed by atoms with Gasteiger partial charge in [0.15, 0.2) is 0 Å². The Hall–Kier alpha value is -8.38. The summed E-state index contributed by atoms with van der Waals surface area (Å²) in [7, 11) is -3.61. The van der Waals surface area contributed by atoms with E-state index in [1.54, 1.807) is 0 Å². The Balaban J connectivity index is 1.23. The molecule has 0 unspecified atom stereocenters. The van der Waals surface area contributed by atoms with Gasteiger partial charge in [0, 0.05) is 65.2 Å². The van der Waals surface area contributed by atoms with Crippen molar-refractivity contribution >= 4 is 161 Å². The number of rotatable bonds is 0. The number of benzene rings is 12. The molecule has 2 aliphatic rings. The number of nitrogens with zero attached hydrogens (tertiary/aromatic N) is 4. The lowest BCUT2D eigenvalue weighted by atomic mass is 9.97. The van der Waals surface area contributed by atoms with Gasteiger partial charge in [0.1, 0.15) is 0 Å². The summed E-state index contributed by atoms with van der Waals surface area (Å²) in [5.41, 5.74) is 10.6. The normalized spacial score (nSPS) is 14.3. The summed E-state index contributed by atoms with van der Waals surface area (Å²) in [5.74, 6) is 0. The van der Waals surface area contributed by atoms with E-state index in [-0.39, 0.29) is 0 Å². The van der Waals surface area contributed by atoms with E-state index in [4.69, 9.17) is 0 Å². The van der Waals surface area contributed by atoms with Gasteiger partial charge in [-0.05, 0) is 113 Å². The van der Waals surface area contributed by atoms with Crippen molar-refractivity contribution in [3.05, 3.63) is 194 Å². The molecular formula is C60H32N4Si. The highest BCUT2D eigenvalue weighted by Crippen LogP contribution is 2.58. The molecule has 4 aromatic heterocycles. The van der Waals surface area contributed by atoms with Gasteiger partial charge in [0.2, 0.25) is 0 Å². The molecule has 12 aromatic carbocycles. The van der Waals surface area contributed by atoms with E-state index in [0.717, 1.165) is 0 Å². The van der Waals surface area contributed by atoms with Crippen molar-refractivity contribution in [1.29, 1.82) is 0 Å². The van der Waals surface area contributed by atoms with E-state index in [1.807, 2.05) is 0 Å². The lowest BCUT2D eigenvalue weighted by molar-refractivity contribution is 0.971. The second-order valence-corrected chi connectivity index (χ2v) is 21.8. The predicted octanol–water partition coefficient (Wildman–Crippen LogP) is 15.6. The molecule has 0 saturated carbocycles. The highest BCUT2D eigenvalue weighted by Gasteiger charge is 2.60. The van der Waals surface area contributed by atoms with Crippen molar-refractivity contribution in [2.24, 2.45) is 0 Å². The van der Waals surface area contributed by atoms with Crippen LogP contribution in [0.4, 0.5) is 0 Å². The van der Waals surface area contributed by atoms with E-state index in [2.05, 4.69) is 211 Å². The van der Waals surface area contributed by atoms with Gasteiger partial charge in [-0.15, -0.1) is 0 Å². The van der Waals surface area contributed by atoms with Crippen LogP contribution < -0.4 is 0 Å². The molecule has 4 nitrogen and oxygen atoms in total. The predicted molar refractivity (Wildman–Crippen MR) is 277 cm³/mol. The Morgan fingerprint density at radius 1 is 0.215 bits per heavy atom. The molecule has 18 rings (SSSR count). The highest BCUT2D eigenvalue weighted by molar-refractivity contribution is 6.85. The van der Waals surface area contributed by atoms with E-state index in [9.17, 15) is 0 Å². The van der Waals surface area contributed by atoms with Gasteiger partial charge in [-0.3, -0.25) is 0 Å². The summed E-state index contributed by atoms with van der Waals surface area (Å²) in [6.07, 6.45) is 0. The fourth-order valence-electron chi connectivity index (χ4n) is 13.6. The zero-order valence-electron chi connectivity index (χ0n) is 34.8. The maximum Gasteiger partial charge on any atom is 0.522 e. The van der Waals surface area contributed by atoms with Crippen molar-refractivity contribution in [3.63, 3.8) is 0 Å². The summed E-state index contributed by atoms with van der Waals surface area (Å²) in [4.78, 5) is 0. The Bertz CT molecular complexity index is 4380. The third-order valence-electron chi connectivity index (χ3n) is 15.9. The van der Waals surface area contributed by atoms with Gasteiger partial charge in [0.05, 0.1) is 22.1 Å². The van der Waals surface area contributed by atoms with Crippen LogP contribution in [-0.4, -0.2) is 25.7 Å². The molecule has 0 saturated heterocycles. The van der Waals surface area contributed by atoms with Crippen LogP contribution in [0.2, 0.25) is 0 Å². The zero-order chi connectivity index (χ0) is 41.6. The molecule has 0 amide bonds. The Morgan fingerprint density at radius 2 is 0.415 bits per heavy atom. The van der Waals surface area contributed by atoms with Crippen LogP contribution in [-0.2, 0) is 0 Å². The largest absolute Gasteiger partial charge is 0.522 e. The van der Waals surface area contributed by atoms with Gasteiger partial charge in [-0.25, -0.2) is 0 Å². The van der Waals surface area contributed by atoms with E-state index >= 15 is 0 Å². The molecule has 1 spiro atoms. The molecule has 0 bridgehead atoms. The molecule has 5 heteroatoms. The smallest absolute Gasteiger partial charge is 0.312 e. The molecule has 2 aliphatic heterocycles. The molecule has 0 fully saturated rings. The van der Waals surface area contributed by atoms with Crippen LogP contribution in [0.3, 0.4) is 0 Å². The third kappa shape index (κ3) is 3.38. The first-order valence-electron chi connectivity index (χ1n) is 22.8. The molecule has 0 aliphatic carbocycles. The first-order chi connectivity index (χ1) is 32.3. The van der Waals surface area contributed by atoms with E-state index < -0.39 is 8.72 Å². The number of aromatic nitrogens is 4. The quantitative estimate of drug-likeness (QED) is 0.136. The van der Waals surface area contributed by atoms with Crippen molar-refractivity contribution in [2.75, 3.05) is 0 Å². The molecule has 6 heterocycles. The minimum atomic E-state index is -3.61. The Morgan fingerprint density at radius 3 is 0.646 bits per heavy atom. The van der Waals surface area contributed by atoms with Crippen LogP contribution in [0, 0.1) is 0 Å². The fourth-order valence-corrected chi connectivity index (χ4v) is 18.9. The molecule has 65 heavy (non-hydrogen) atoms. The monoisotopic (exact) mass is 836 g/mol. The van der Waals surface area contributed by atoms with Gasteiger partial charge in [-0.1, -0.05) is 146 Å². The topological polar surface area (TPSA) is 19.7 Å². The second-order valence-electron chi connectivity index (χ2n) is 18.8. The highest BCUT2D eigenvalue weighted by atomic mass is 28.4. The molecule has 0 atom stereocenters. The summed E-state index contributed by atoms with van der Waals surface area (Å²) in [5, 5.41) is 26.1. The summed E-state index contributed by atoms with van der Waals surface area (Å²) in [6, 6.07) is 74.6.